The second-order valence-electron chi connectivity index (χ2n) is 5.33. The Morgan fingerprint density at radius 3 is 2.55 bits per heavy atom. The van der Waals surface area contributed by atoms with Gasteiger partial charge >= 0.3 is 6.03 Å². The number of benzene rings is 1. The molecule has 1 aromatic rings. The van der Waals surface area contributed by atoms with Crippen LogP contribution in [-0.4, -0.2) is 55.1 Å². The molecule has 1 aliphatic rings. The molecule has 2 rings (SSSR count). The van der Waals surface area contributed by atoms with E-state index in [0.29, 0.717) is 6.54 Å². The number of hydrogen-bond donors (Lipinski definition) is 1. The number of urea groups is 1. The van der Waals surface area contributed by atoms with Crippen LogP contribution in [0.2, 0.25) is 0 Å². The summed E-state index contributed by atoms with van der Waals surface area (Å²) in [4.78, 5) is 16.4. The van der Waals surface area contributed by atoms with E-state index < -0.39 is 0 Å². The average molecular weight is 275 g/mol. The third kappa shape index (κ3) is 3.97. The van der Waals surface area contributed by atoms with Crippen molar-refractivity contribution < 1.29 is 4.79 Å². The molecule has 0 aliphatic carbocycles. The van der Waals surface area contributed by atoms with Crippen LogP contribution in [-0.2, 0) is 6.42 Å². The lowest BCUT2D eigenvalue weighted by Gasteiger charge is -2.34. The molecule has 0 bridgehead atoms. The van der Waals surface area contributed by atoms with E-state index in [0.717, 1.165) is 39.1 Å². The van der Waals surface area contributed by atoms with Crippen LogP contribution in [0.4, 0.5) is 4.79 Å². The van der Waals surface area contributed by atoms with Gasteiger partial charge in [0.15, 0.2) is 0 Å². The lowest BCUT2D eigenvalue weighted by Crippen LogP contribution is -2.51. The standard InChI is InChI=1S/C16H25N3O/c1-3-18-10-12-19(13-11-18)16(20)17-9-8-15-7-5-4-6-14(15)2/h4-7H,3,8-13H2,1-2H3,(H,17,20). The third-order valence-corrected chi connectivity index (χ3v) is 4.04. The largest absolute Gasteiger partial charge is 0.338 e. The van der Waals surface area contributed by atoms with Gasteiger partial charge in [0.2, 0.25) is 0 Å². The van der Waals surface area contributed by atoms with Crippen molar-refractivity contribution in [2.75, 3.05) is 39.3 Å². The van der Waals surface area contributed by atoms with Crippen molar-refractivity contribution in [3.05, 3.63) is 35.4 Å². The number of rotatable bonds is 4. The van der Waals surface area contributed by atoms with Crippen LogP contribution >= 0.6 is 0 Å². The Labute approximate surface area is 121 Å². The Bertz CT molecular complexity index is 439. The van der Waals surface area contributed by atoms with E-state index in [1.165, 1.54) is 11.1 Å². The number of nitrogens with zero attached hydrogens (tertiary/aromatic N) is 2. The number of hydrogen-bond acceptors (Lipinski definition) is 2. The molecule has 0 spiro atoms. The van der Waals surface area contributed by atoms with Gasteiger partial charge in [0, 0.05) is 32.7 Å². The smallest absolute Gasteiger partial charge is 0.317 e. The minimum absolute atomic E-state index is 0.0781. The van der Waals surface area contributed by atoms with E-state index in [1.807, 2.05) is 17.0 Å². The first-order valence-corrected chi connectivity index (χ1v) is 7.50. The highest BCUT2D eigenvalue weighted by Gasteiger charge is 2.19. The zero-order chi connectivity index (χ0) is 14.4. The minimum Gasteiger partial charge on any atom is -0.338 e. The number of carbonyl (C=O) groups is 1. The molecule has 0 aromatic heterocycles. The Kier molecular flexibility index (Phi) is 5.41. The summed E-state index contributed by atoms with van der Waals surface area (Å²) in [6.45, 7) is 9.71. The summed E-state index contributed by atoms with van der Waals surface area (Å²) in [5.41, 5.74) is 2.60. The molecule has 4 nitrogen and oxygen atoms in total. The molecule has 0 radical (unpaired) electrons. The molecule has 1 aromatic carbocycles. The summed E-state index contributed by atoms with van der Waals surface area (Å²) in [5, 5.41) is 3.03. The lowest BCUT2D eigenvalue weighted by molar-refractivity contribution is 0.143. The fourth-order valence-corrected chi connectivity index (χ4v) is 2.57. The summed E-state index contributed by atoms with van der Waals surface area (Å²) in [7, 11) is 0. The van der Waals surface area contributed by atoms with Gasteiger partial charge in [-0.1, -0.05) is 31.2 Å². The van der Waals surface area contributed by atoms with Crippen molar-refractivity contribution in [2.24, 2.45) is 0 Å². The topological polar surface area (TPSA) is 35.6 Å². The van der Waals surface area contributed by atoms with E-state index in [9.17, 15) is 4.79 Å². The molecule has 20 heavy (non-hydrogen) atoms. The zero-order valence-electron chi connectivity index (χ0n) is 12.6. The van der Waals surface area contributed by atoms with Crippen LogP contribution in [0.3, 0.4) is 0 Å². The van der Waals surface area contributed by atoms with Gasteiger partial charge in [-0.05, 0) is 31.0 Å². The van der Waals surface area contributed by atoms with E-state index in [2.05, 4.69) is 36.2 Å². The van der Waals surface area contributed by atoms with E-state index >= 15 is 0 Å². The Morgan fingerprint density at radius 1 is 1.20 bits per heavy atom. The third-order valence-electron chi connectivity index (χ3n) is 4.04. The summed E-state index contributed by atoms with van der Waals surface area (Å²) in [5.74, 6) is 0. The number of piperazine rings is 1. The molecule has 4 heteroatoms. The fourth-order valence-electron chi connectivity index (χ4n) is 2.57. The minimum atomic E-state index is 0.0781. The first kappa shape index (κ1) is 14.9. The number of nitrogens with one attached hydrogen (secondary N) is 1. The highest BCUT2D eigenvalue weighted by Crippen LogP contribution is 2.07. The van der Waals surface area contributed by atoms with E-state index in [1.54, 1.807) is 0 Å². The Hall–Kier alpha value is -1.55. The maximum atomic E-state index is 12.1. The van der Waals surface area contributed by atoms with Gasteiger partial charge in [-0.2, -0.15) is 0 Å². The van der Waals surface area contributed by atoms with E-state index in [-0.39, 0.29) is 6.03 Å². The van der Waals surface area contributed by atoms with Crippen LogP contribution < -0.4 is 5.32 Å². The zero-order valence-corrected chi connectivity index (χ0v) is 12.6. The van der Waals surface area contributed by atoms with E-state index in [4.69, 9.17) is 0 Å². The molecular formula is C16H25N3O. The van der Waals surface area contributed by atoms with Crippen molar-refractivity contribution in [1.29, 1.82) is 0 Å². The number of amides is 2. The second-order valence-corrected chi connectivity index (χ2v) is 5.33. The first-order chi connectivity index (χ1) is 9.70. The normalized spacial score (nSPS) is 16.2. The van der Waals surface area contributed by atoms with Gasteiger partial charge in [0.25, 0.3) is 0 Å². The molecule has 110 valence electrons. The summed E-state index contributed by atoms with van der Waals surface area (Å²) >= 11 is 0. The Balaban J connectivity index is 1.72. The van der Waals surface area contributed by atoms with Crippen LogP contribution in [0.15, 0.2) is 24.3 Å². The molecular weight excluding hydrogens is 250 g/mol. The highest BCUT2D eigenvalue weighted by atomic mass is 16.2. The molecule has 1 N–H and O–H groups in total. The first-order valence-electron chi connectivity index (χ1n) is 7.50. The number of aryl methyl sites for hydroxylation is 1. The molecule has 2 amide bonds. The maximum Gasteiger partial charge on any atom is 0.317 e. The highest BCUT2D eigenvalue weighted by molar-refractivity contribution is 5.74. The maximum absolute atomic E-state index is 12.1. The lowest BCUT2D eigenvalue weighted by atomic mass is 10.1. The molecule has 1 fully saturated rings. The monoisotopic (exact) mass is 275 g/mol. The van der Waals surface area contributed by atoms with Gasteiger partial charge in [0.05, 0.1) is 0 Å². The van der Waals surface area contributed by atoms with Crippen LogP contribution in [0.5, 0.6) is 0 Å². The Morgan fingerprint density at radius 2 is 1.90 bits per heavy atom. The van der Waals surface area contributed by atoms with Crippen molar-refractivity contribution in [3.63, 3.8) is 0 Å². The van der Waals surface area contributed by atoms with Gasteiger partial charge in [-0.3, -0.25) is 0 Å². The quantitative estimate of drug-likeness (QED) is 0.911. The molecule has 1 heterocycles. The van der Waals surface area contributed by atoms with Crippen molar-refractivity contribution in [1.82, 2.24) is 15.1 Å². The molecule has 1 aliphatic heterocycles. The second kappa shape index (κ2) is 7.29. The fraction of sp³-hybridized carbons (Fsp3) is 0.562. The summed E-state index contributed by atoms with van der Waals surface area (Å²) in [6.07, 6.45) is 0.896. The SMILES string of the molecule is CCN1CCN(C(=O)NCCc2ccccc2C)CC1. The molecule has 0 saturated carbocycles. The molecule has 0 unspecified atom stereocenters. The van der Waals surface area contributed by atoms with Gasteiger partial charge in [-0.25, -0.2) is 4.79 Å². The van der Waals surface area contributed by atoms with Crippen molar-refractivity contribution >= 4 is 6.03 Å². The number of carbonyl (C=O) groups excluding carboxylic acids is 1. The van der Waals surface area contributed by atoms with Crippen LogP contribution in [0, 0.1) is 6.92 Å². The van der Waals surface area contributed by atoms with Crippen LogP contribution in [0.25, 0.3) is 0 Å². The molecule has 1 saturated heterocycles. The van der Waals surface area contributed by atoms with Gasteiger partial charge in [-0.15, -0.1) is 0 Å². The van der Waals surface area contributed by atoms with Crippen molar-refractivity contribution in [3.8, 4) is 0 Å². The number of likely N-dealkylation sites (N-methyl/N-ethyl adjacent to an activating group) is 1. The summed E-state index contributed by atoms with van der Waals surface area (Å²) in [6, 6.07) is 8.41. The van der Waals surface area contributed by atoms with Crippen LogP contribution in [0.1, 0.15) is 18.1 Å². The molecule has 0 atom stereocenters. The van der Waals surface area contributed by atoms with Gasteiger partial charge < -0.3 is 15.1 Å². The average Bonchev–Trinajstić information content (AvgIpc) is 2.49. The van der Waals surface area contributed by atoms with Crippen molar-refractivity contribution in [2.45, 2.75) is 20.3 Å². The predicted molar refractivity (Wildman–Crippen MR) is 82.0 cm³/mol. The predicted octanol–water partition coefficient (Wildman–Crippen LogP) is 1.88. The summed E-state index contributed by atoms with van der Waals surface area (Å²) < 4.78 is 0. The van der Waals surface area contributed by atoms with Gasteiger partial charge in [0.1, 0.15) is 0 Å².